The Balaban J connectivity index is 1.25. The van der Waals surface area contributed by atoms with E-state index in [0.29, 0.717) is 17.4 Å². The Morgan fingerprint density at radius 2 is 1.98 bits per heavy atom. The van der Waals surface area contributed by atoms with Crippen LogP contribution in [0.3, 0.4) is 0 Å². The smallest absolute Gasteiger partial charge is 0.256 e. The molecule has 0 bridgehead atoms. The van der Waals surface area contributed by atoms with Crippen LogP contribution in [-0.4, -0.2) is 101 Å². The number of amides is 1. The number of likely N-dealkylation sites (tertiary alicyclic amines) is 1. The Morgan fingerprint density at radius 3 is 2.73 bits per heavy atom. The number of carbonyl (C=O) groups is 1. The van der Waals surface area contributed by atoms with Gasteiger partial charge in [-0.15, -0.1) is 0 Å². The Bertz CT molecular complexity index is 1450. The summed E-state index contributed by atoms with van der Waals surface area (Å²) in [5.74, 6) is 1.08. The fourth-order valence-electron chi connectivity index (χ4n) is 4.87. The lowest BCUT2D eigenvalue weighted by atomic mass is 10.0. The van der Waals surface area contributed by atoms with Gasteiger partial charge in [0.2, 0.25) is 0 Å². The van der Waals surface area contributed by atoms with Gasteiger partial charge in [-0.05, 0) is 50.2 Å². The van der Waals surface area contributed by atoms with Crippen molar-refractivity contribution >= 4 is 28.3 Å². The van der Waals surface area contributed by atoms with Crippen molar-refractivity contribution in [1.82, 2.24) is 29.5 Å². The van der Waals surface area contributed by atoms with Gasteiger partial charge in [0, 0.05) is 74.7 Å². The molecule has 10 nitrogen and oxygen atoms in total. The molecule has 2 aliphatic heterocycles. The summed E-state index contributed by atoms with van der Waals surface area (Å²) in [7, 11) is 6.16. The second kappa shape index (κ2) is 12.1. The molecular weight excluding hydrogens is 504 g/mol. The van der Waals surface area contributed by atoms with Crippen LogP contribution in [0.4, 0.5) is 5.82 Å². The van der Waals surface area contributed by atoms with E-state index in [2.05, 4.69) is 74.0 Å². The van der Waals surface area contributed by atoms with Gasteiger partial charge in [0.05, 0.1) is 25.1 Å². The number of rotatable bonds is 8. The second-order valence-electron chi connectivity index (χ2n) is 10.6. The lowest BCUT2D eigenvalue weighted by Crippen LogP contribution is -2.58. The summed E-state index contributed by atoms with van der Waals surface area (Å²) in [4.78, 5) is 28.5. The molecule has 2 aromatic heterocycles. The number of carbonyl (C=O) groups excluding carboxylic acids is 1. The fraction of sp³-hybridized carbons (Fsp3) is 0.400. The standard InChI is InChI=1S/C30H38N8O2/c1-21(8-9-31-22(2)38-18-26(19-38)35(3)4)30(39)34-29-15-25-14-23(6-7-24(25)16-32-29)27-17-33-36(5)28(27)20-37-10-12-40-13-11-37/h6-9,14-17,26H,1,10-13,18-20H2,2-5H3,(H,32,34,39)/b9-8-,31-22+. The normalized spacial score (nSPS) is 17.1. The topological polar surface area (TPSA) is 91.1 Å². The van der Waals surface area contributed by atoms with Crippen LogP contribution in [0.15, 0.2) is 66.1 Å². The number of pyridine rings is 1. The Hall–Kier alpha value is -3.86. The van der Waals surface area contributed by atoms with Crippen molar-refractivity contribution < 1.29 is 9.53 Å². The van der Waals surface area contributed by atoms with Crippen LogP contribution in [0.5, 0.6) is 0 Å². The molecule has 1 aromatic carbocycles. The molecule has 210 valence electrons. The number of anilines is 1. The van der Waals surface area contributed by atoms with Gasteiger partial charge >= 0.3 is 0 Å². The molecule has 0 atom stereocenters. The van der Waals surface area contributed by atoms with Gasteiger partial charge < -0.3 is 19.9 Å². The van der Waals surface area contributed by atoms with E-state index in [4.69, 9.17) is 4.74 Å². The summed E-state index contributed by atoms with van der Waals surface area (Å²) >= 11 is 0. The average molecular weight is 543 g/mol. The molecule has 0 spiro atoms. The minimum Gasteiger partial charge on any atom is -0.379 e. The Kier molecular flexibility index (Phi) is 8.39. The molecule has 0 saturated carbocycles. The maximum Gasteiger partial charge on any atom is 0.256 e. The first-order valence-electron chi connectivity index (χ1n) is 13.6. The van der Waals surface area contributed by atoms with Crippen LogP contribution >= 0.6 is 0 Å². The van der Waals surface area contributed by atoms with Crippen molar-refractivity contribution in [3.63, 3.8) is 0 Å². The maximum absolute atomic E-state index is 12.8. The number of hydrogen-bond acceptors (Lipinski definition) is 7. The summed E-state index contributed by atoms with van der Waals surface area (Å²) in [6, 6.07) is 8.71. The number of aromatic nitrogens is 3. The van der Waals surface area contributed by atoms with E-state index >= 15 is 0 Å². The number of ether oxygens (including phenoxy) is 1. The highest BCUT2D eigenvalue weighted by molar-refractivity contribution is 6.05. The molecule has 1 N–H and O–H groups in total. The summed E-state index contributed by atoms with van der Waals surface area (Å²) in [5, 5.41) is 9.38. The van der Waals surface area contributed by atoms with Gasteiger partial charge in [0.1, 0.15) is 11.7 Å². The number of fused-ring (bicyclic) bond motifs is 1. The summed E-state index contributed by atoms with van der Waals surface area (Å²) in [5.41, 5.74) is 3.65. The lowest BCUT2D eigenvalue weighted by Gasteiger charge is -2.43. The predicted octanol–water partition coefficient (Wildman–Crippen LogP) is 3.14. The van der Waals surface area contributed by atoms with Crippen LogP contribution in [0.25, 0.3) is 21.9 Å². The van der Waals surface area contributed by atoms with E-state index < -0.39 is 0 Å². The van der Waals surface area contributed by atoms with E-state index in [1.807, 2.05) is 30.9 Å². The molecule has 4 heterocycles. The number of morpholine rings is 1. The number of benzene rings is 1. The van der Waals surface area contributed by atoms with Gasteiger partial charge in [-0.1, -0.05) is 18.7 Å². The minimum absolute atomic E-state index is 0.310. The number of aryl methyl sites for hydroxylation is 1. The van der Waals surface area contributed by atoms with Gasteiger partial charge in [0.25, 0.3) is 5.91 Å². The molecule has 0 unspecified atom stereocenters. The zero-order valence-corrected chi connectivity index (χ0v) is 23.8. The SMILES string of the molecule is C=C(/C=C\N=C(/C)N1CC(N(C)C)C1)C(=O)Nc1cc2cc(-c3cnn(C)c3CN3CCOCC3)ccc2cn1. The highest BCUT2D eigenvalue weighted by atomic mass is 16.5. The van der Waals surface area contributed by atoms with Gasteiger partial charge in [-0.2, -0.15) is 5.10 Å². The van der Waals surface area contributed by atoms with E-state index in [0.717, 1.165) is 79.4 Å². The molecule has 2 fully saturated rings. The first-order valence-corrected chi connectivity index (χ1v) is 13.6. The predicted molar refractivity (Wildman–Crippen MR) is 159 cm³/mol. The number of nitrogens with zero attached hydrogens (tertiary/aromatic N) is 7. The molecular formula is C30H38N8O2. The summed E-state index contributed by atoms with van der Waals surface area (Å²) in [6.45, 7) is 12.0. The Labute approximate surface area is 235 Å². The van der Waals surface area contributed by atoms with Gasteiger partial charge in [-0.25, -0.2) is 9.98 Å². The number of hydrogen-bond donors (Lipinski definition) is 1. The molecule has 1 amide bonds. The molecule has 2 aliphatic rings. The maximum atomic E-state index is 12.8. The number of likely N-dealkylation sites (N-methyl/N-ethyl adjacent to an activating group) is 1. The first-order chi connectivity index (χ1) is 19.3. The highest BCUT2D eigenvalue weighted by Gasteiger charge is 2.28. The number of amidine groups is 1. The average Bonchev–Trinajstić information content (AvgIpc) is 3.27. The molecule has 5 rings (SSSR count). The van der Waals surface area contributed by atoms with Gasteiger partial charge in [-0.3, -0.25) is 14.4 Å². The van der Waals surface area contributed by atoms with Crippen molar-refractivity contribution in [1.29, 1.82) is 0 Å². The number of nitrogens with one attached hydrogen (secondary N) is 1. The van der Waals surface area contributed by atoms with Crippen LogP contribution in [0.1, 0.15) is 12.6 Å². The zero-order chi connectivity index (χ0) is 28.2. The third-order valence-corrected chi connectivity index (χ3v) is 7.69. The zero-order valence-electron chi connectivity index (χ0n) is 23.8. The minimum atomic E-state index is -0.316. The van der Waals surface area contributed by atoms with Crippen LogP contribution in [-0.2, 0) is 23.1 Å². The van der Waals surface area contributed by atoms with Crippen LogP contribution < -0.4 is 5.32 Å². The van der Waals surface area contributed by atoms with Gasteiger partial charge in [0.15, 0.2) is 0 Å². The van der Waals surface area contributed by atoms with Crippen molar-refractivity contribution in [2.75, 3.05) is 58.8 Å². The molecule has 0 radical (unpaired) electrons. The fourth-order valence-corrected chi connectivity index (χ4v) is 4.87. The van der Waals surface area contributed by atoms with E-state index in [9.17, 15) is 4.79 Å². The van der Waals surface area contributed by atoms with Crippen molar-refractivity contribution in [3.8, 4) is 11.1 Å². The monoisotopic (exact) mass is 542 g/mol. The van der Waals surface area contributed by atoms with E-state index in [1.165, 1.54) is 0 Å². The largest absolute Gasteiger partial charge is 0.379 e. The molecule has 2 saturated heterocycles. The molecule has 3 aromatic rings. The lowest BCUT2D eigenvalue weighted by molar-refractivity contribution is -0.112. The Morgan fingerprint density at radius 1 is 1.20 bits per heavy atom. The third-order valence-electron chi connectivity index (χ3n) is 7.69. The molecule has 10 heteroatoms. The van der Waals surface area contributed by atoms with Crippen molar-refractivity contribution in [2.24, 2.45) is 12.0 Å². The van der Waals surface area contributed by atoms with E-state index in [1.54, 1.807) is 18.5 Å². The first kappa shape index (κ1) is 27.7. The highest BCUT2D eigenvalue weighted by Crippen LogP contribution is 2.29. The van der Waals surface area contributed by atoms with Crippen molar-refractivity contribution in [3.05, 3.63) is 66.8 Å². The molecule has 40 heavy (non-hydrogen) atoms. The van der Waals surface area contributed by atoms with Crippen LogP contribution in [0, 0.1) is 0 Å². The van der Waals surface area contributed by atoms with Crippen LogP contribution in [0.2, 0.25) is 0 Å². The second-order valence-corrected chi connectivity index (χ2v) is 10.6. The molecule has 0 aliphatic carbocycles. The van der Waals surface area contributed by atoms with Crippen molar-refractivity contribution in [2.45, 2.75) is 19.5 Å². The summed E-state index contributed by atoms with van der Waals surface area (Å²) in [6.07, 6.45) is 6.94. The third kappa shape index (κ3) is 6.30. The van der Waals surface area contributed by atoms with E-state index in [-0.39, 0.29) is 5.91 Å². The quantitative estimate of drug-likeness (QED) is 0.202. The summed E-state index contributed by atoms with van der Waals surface area (Å²) < 4.78 is 7.45. The number of aliphatic imine (C=N–C) groups is 1.